The van der Waals surface area contributed by atoms with E-state index in [1.54, 1.807) is 4.31 Å². The van der Waals surface area contributed by atoms with Crippen molar-refractivity contribution in [3.63, 3.8) is 0 Å². The normalized spacial score (nSPS) is 21.0. The van der Waals surface area contributed by atoms with Gasteiger partial charge < -0.3 is 14.0 Å². The van der Waals surface area contributed by atoms with Crippen molar-refractivity contribution in [3.8, 4) is 11.3 Å². The fourth-order valence-electron chi connectivity index (χ4n) is 6.51. The Bertz CT molecular complexity index is 1620. The maximum atomic E-state index is 12.0. The third-order valence-corrected chi connectivity index (χ3v) is 10.00. The fourth-order valence-corrected chi connectivity index (χ4v) is 7.36. The lowest BCUT2D eigenvalue weighted by Gasteiger charge is -2.38. The summed E-state index contributed by atoms with van der Waals surface area (Å²) in [5.41, 5.74) is 5.00. The summed E-state index contributed by atoms with van der Waals surface area (Å²) < 4.78 is 33.3. The number of nitrogens with zero attached hydrogens (tertiary/aromatic N) is 7. The summed E-state index contributed by atoms with van der Waals surface area (Å²) in [6, 6.07) is 6.14. The zero-order chi connectivity index (χ0) is 26.6. The van der Waals surface area contributed by atoms with E-state index in [0.717, 1.165) is 91.3 Å². The molecule has 3 aliphatic heterocycles. The summed E-state index contributed by atoms with van der Waals surface area (Å²) in [6.07, 6.45) is 10.3. The molecule has 3 saturated heterocycles. The van der Waals surface area contributed by atoms with Gasteiger partial charge in [0.25, 0.3) is 0 Å². The number of hydrogen-bond acceptors (Lipinski definition) is 8. The van der Waals surface area contributed by atoms with Crippen LogP contribution in [0.2, 0.25) is 0 Å². The summed E-state index contributed by atoms with van der Waals surface area (Å²) >= 11 is 0. The van der Waals surface area contributed by atoms with Crippen molar-refractivity contribution in [3.05, 3.63) is 42.5 Å². The lowest BCUT2D eigenvalue weighted by molar-refractivity contribution is 0.122. The van der Waals surface area contributed by atoms with Gasteiger partial charge in [-0.1, -0.05) is 12.1 Å². The third-order valence-electron chi connectivity index (χ3n) is 8.70. The van der Waals surface area contributed by atoms with E-state index >= 15 is 0 Å². The molecule has 39 heavy (non-hydrogen) atoms. The summed E-state index contributed by atoms with van der Waals surface area (Å²) in [6.45, 7) is 6.94. The first kappa shape index (κ1) is 24.9. The molecule has 0 unspecified atom stereocenters. The molecular formula is C27H34N8O3S. The van der Waals surface area contributed by atoms with Gasteiger partial charge in [-0.25, -0.2) is 22.7 Å². The number of sulfonamides is 1. The minimum atomic E-state index is -3.11. The van der Waals surface area contributed by atoms with Crippen molar-refractivity contribution in [2.45, 2.75) is 25.8 Å². The number of hydrogen-bond donors (Lipinski definition) is 1. The quantitative estimate of drug-likeness (QED) is 0.403. The molecule has 0 saturated carbocycles. The van der Waals surface area contributed by atoms with E-state index in [2.05, 4.69) is 42.9 Å². The van der Waals surface area contributed by atoms with E-state index in [9.17, 15) is 8.42 Å². The SMILES string of the molecule is CS(=O)(=O)N1CCC2(CCN(Cc3cn4cc(-c5cccc6[nH]ncc56)nc(N5CCOCC5)c4n3)C2)CC1. The first-order valence-corrected chi connectivity index (χ1v) is 15.5. The second-order valence-corrected chi connectivity index (χ2v) is 13.3. The number of piperidine rings is 1. The highest BCUT2D eigenvalue weighted by atomic mass is 32.2. The molecule has 1 spiro atoms. The monoisotopic (exact) mass is 550 g/mol. The zero-order valence-corrected chi connectivity index (χ0v) is 23.0. The number of morpholine rings is 1. The Morgan fingerprint density at radius 1 is 1.03 bits per heavy atom. The van der Waals surface area contributed by atoms with Gasteiger partial charge in [0.15, 0.2) is 11.5 Å². The average molecular weight is 551 g/mol. The summed E-state index contributed by atoms with van der Waals surface area (Å²) in [4.78, 5) is 15.0. The largest absolute Gasteiger partial charge is 0.378 e. The number of fused-ring (bicyclic) bond motifs is 2. The number of rotatable bonds is 5. The van der Waals surface area contributed by atoms with Crippen LogP contribution in [-0.2, 0) is 21.3 Å². The van der Waals surface area contributed by atoms with Gasteiger partial charge in [0, 0.05) is 62.6 Å². The lowest BCUT2D eigenvalue weighted by atomic mass is 9.78. The van der Waals surface area contributed by atoms with Crippen molar-refractivity contribution < 1.29 is 13.2 Å². The van der Waals surface area contributed by atoms with Gasteiger partial charge in [0.2, 0.25) is 10.0 Å². The van der Waals surface area contributed by atoms with Gasteiger partial charge >= 0.3 is 0 Å². The Labute approximate surface area is 227 Å². The van der Waals surface area contributed by atoms with Crippen LogP contribution in [0.25, 0.3) is 27.8 Å². The number of ether oxygens (including phenoxy) is 1. The molecule has 7 rings (SSSR count). The van der Waals surface area contributed by atoms with Crippen LogP contribution in [0.4, 0.5) is 5.82 Å². The standard InChI is InChI=1S/C27H34N8O3S/c1-39(36,37)35-9-6-27(7-10-35)5-8-32(19-27)16-20-17-34-18-24(21-3-2-4-23-22(21)15-28-31-23)30-26(25(34)29-20)33-11-13-38-14-12-33/h2-4,15,17-18H,5-14,16,19H2,1H3,(H,28,31). The second-order valence-electron chi connectivity index (χ2n) is 11.3. The Morgan fingerprint density at radius 3 is 2.62 bits per heavy atom. The Kier molecular flexibility index (Phi) is 6.10. The van der Waals surface area contributed by atoms with E-state index in [1.165, 1.54) is 6.26 Å². The van der Waals surface area contributed by atoms with Gasteiger partial charge in [-0.05, 0) is 37.3 Å². The smallest absolute Gasteiger partial charge is 0.211 e. The zero-order valence-electron chi connectivity index (χ0n) is 22.2. The molecule has 6 heterocycles. The summed E-state index contributed by atoms with van der Waals surface area (Å²) in [7, 11) is -3.11. The molecule has 0 aliphatic carbocycles. The van der Waals surface area contributed by atoms with Crippen molar-refractivity contribution in [1.82, 2.24) is 33.8 Å². The Balaban J connectivity index is 1.18. The number of nitrogens with one attached hydrogen (secondary N) is 1. The molecule has 0 radical (unpaired) electrons. The van der Waals surface area contributed by atoms with Crippen LogP contribution in [0.3, 0.4) is 0 Å². The van der Waals surface area contributed by atoms with Crippen LogP contribution < -0.4 is 4.90 Å². The van der Waals surface area contributed by atoms with Crippen molar-refractivity contribution in [2.75, 3.05) is 63.6 Å². The first-order chi connectivity index (χ1) is 18.9. The number of likely N-dealkylation sites (tertiary alicyclic amines) is 1. The van der Waals surface area contributed by atoms with Crippen LogP contribution in [0, 0.1) is 5.41 Å². The molecule has 3 fully saturated rings. The van der Waals surface area contributed by atoms with E-state index in [0.29, 0.717) is 26.3 Å². The number of aromatic nitrogens is 5. The highest BCUT2D eigenvalue weighted by Crippen LogP contribution is 2.41. The minimum absolute atomic E-state index is 0.206. The minimum Gasteiger partial charge on any atom is -0.378 e. The molecule has 206 valence electrons. The topological polar surface area (TPSA) is 112 Å². The summed E-state index contributed by atoms with van der Waals surface area (Å²) in [5.74, 6) is 0.883. The van der Waals surface area contributed by atoms with Crippen LogP contribution in [-0.4, -0.2) is 101 Å². The van der Waals surface area contributed by atoms with Crippen molar-refractivity contribution in [2.24, 2.45) is 5.41 Å². The number of aromatic amines is 1. The molecule has 12 heteroatoms. The molecular weight excluding hydrogens is 516 g/mol. The summed E-state index contributed by atoms with van der Waals surface area (Å²) in [5, 5.41) is 8.34. The molecule has 3 aliphatic rings. The molecule has 0 atom stereocenters. The second kappa shape index (κ2) is 9.54. The third kappa shape index (κ3) is 4.69. The number of H-pyrrole nitrogens is 1. The van der Waals surface area contributed by atoms with E-state index in [-0.39, 0.29) is 5.41 Å². The molecule has 1 aromatic carbocycles. The van der Waals surface area contributed by atoms with Crippen molar-refractivity contribution >= 4 is 32.4 Å². The maximum absolute atomic E-state index is 12.0. The molecule has 11 nitrogen and oxygen atoms in total. The first-order valence-electron chi connectivity index (χ1n) is 13.7. The fraction of sp³-hybridized carbons (Fsp3) is 0.519. The van der Waals surface area contributed by atoms with E-state index in [1.807, 2.05) is 18.3 Å². The van der Waals surface area contributed by atoms with Gasteiger partial charge in [-0.15, -0.1) is 0 Å². The van der Waals surface area contributed by atoms with Gasteiger partial charge in [0.05, 0.1) is 42.6 Å². The molecule has 4 aromatic rings. The highest BCUT2D eigenvalue weighted by molar-refractivity contribution is 7.88. The van der Waals surface area contributed by atoms with Gasteiger partial charge in [0.1, 0.15) is 0 Å². The van der Waals surface area contributed by atoms with Gasteiger partial charge in [-0.2, -0.15) is 5.10 Å². The lowest BCUT2D eigenvalue weighted by Crippen LogP contribution is -2.43. The van der Waals surface area contributed by atoms with Gasteiger partial charge in [-0.3, -0.25) is 10.00 Å². The van der Waals surface area contributed by atoms with Crippen LogP contribution >= 0.6 is 0 Å². The maximum Gasteiger partial charge on any atom is 0.211 e. The highest BCUT2D eigenvalue weighted by Gasteiger charge is 2.42. The Hall–Kier alpha value is -3.06. The van der Waals surface area contributed by atoms with Crippen molar-refractivity contribution in [1.29, 1.82) is 0 Å². The molecule has 0 amide bonds. The van der Waals surface area contributed by atoms with E-state index in [4.69, 9.17) is 14.7 Å². The molecule has 3 aromatic heterocycles. The Morgan fingerprint density at radius 2 is 1.82 bits per heavy atom. The number of imidazole rings is 1. The van der Waals surface area contributed by atoms with Crippen LogP contribution in [0.15, 0.2) is 36.8 Å². The number of benzene rings is 1. The number of anilines is 1. The predicted octanol–water partition coefficient (Wildman–Crippen LogP) is 2.36. The van der Waals surface area contributed by atoms with E-state index < -0.39 is 10.0 Å². The molecule has 1 N–H and O–H groups in total. The predicted molar refractivity (Wildman–Crippen MR) is 149 cm³/mol. The van der Waals surface area contributed by atoms with Crippen LogP contribution in [0.1, 0.15) is 25.0 Å². The average Bonchev–Trinajstić information content (AvgIpc) is 3.67. The molecule has 0 bridgehead atoms. The van der Waals surface area contributed by atoms with Crippen LogP contribution in [0.5, 0.6) is 0 Å².